The number of terminal acetylenes is 1. The predicted octanol–water partition coefficient (Wildman–Crippen LogP) is 0.978. The van der Waals surface area contributed by atoms with Gasteiger partial charge in [-0.2, -0.15) is 0 Å². The molecule has 4 atom stereocenters. The average molecular weight is 382 g/mol. The summed E-state index contributed by atoms with van der Waals surface area (Å²) in [7, 11) is 0. The number of hydrogen-bond donors (Lipinski definition) is 0. The summed E-state index contributed by atoms with van der Waals surface area (Å²) in [6, 6.07) is 0. The lowest BCUT2D eigenvalue weighted by Crippen LogP contribution is -2.23. The third-order valence-electron chi connectivity index (χ3n) is 4.26. The van der Waals surface area contributed by atoms with Crippen LogP contribution in [-0.2, 0) is 38.0 Å². The summed E-state index contributed by atoms with van der Waals surface area (Å²) in [6.07, 6.45) is 9.03. The molecule has 4 unspecified atom stereocenters. The van der Waals surface area contributed by atoms with Crippen molar-refractivity contribution in [3.63, 3.8) is 0 Å². The average Bonchev–Trinajstić information content (AvgIpc) is 3.33. The zero-order valence-electron chi connectivity index (χ0n) is 15.3. The Balaban J connectivity index is 1.46. The maximum atomic E-state index is 11.0. The van der Waals surface area contributed by atoms with Gasteiger partial charge in [0, 0.05) is 12.0 Å². The molecule has 0 bridgehead atoms. The van der Waals surface area contributed by atoms with Crippen LogP contribution in [0.15, 0.2) is 12.7 Å². The Kier molecular flexibility index (Phi) is 9.28. The Bertz CT molecular complexity index is 540. The van der Waals surface area contributed by atoms with Gasteiger partial charge in [-0.25, -0.2) is 9.59 Å². The summed E-state index contributed by atoms with van der Waals surface area (Å²) in [5.74, 6) is 0.769. The van der Waals surface area contributed by atoms with Crippen LogP contribution in [0.3, 0.4) is 0 Å². The standard InChI is InChI=1S/C19H26O8/c1-3-18(20)24-11-16-7-5-14(26-16)9-22-13-23-10-15-6-8-17(27-15)12-25-19(21)4-2/h1,4,14-17H,2,5-13H2. The van der Waals surface area contributed by atoms with Gasteiger partial charge >= 0.3 is 11.9 Å². The van der Waals surface area contributed by atoms with E-state index in [1.807, 2.05) is 5.92 Å². The fraction of sp³-hybridized carbons (Fsp3) is 0.684. The molecule has 0 spiro atoms. The number of esters is 2. The minimum absolute atomic E-state index is 0.0287. The molecule has 2 fully saturated rings. The minimum Gasteiger partial charge on any atom is -0.460 e. The predicted molar refractivity (Wildman–Crippen MR) is 93.5 cm³/mol. The van der Waals surface area contributed by atoms with E-state index in [0.29, 0.717) is 13.2 Å². The van der Waals surface area contributed by atoms with E-state index in [1.54, 1.807) is 0 Å². The maximum Gasteiger partial charge on any atom is 0.384 e. The second-order valence-electron chi connectivity index (χ2n) is 6.35. The molecule has 2 aliphatic rings. The van der Waals surface area contributed by atoms with E-state index < -0.39 is 11.9 Å². The fourth-order valence-corrected chi connectivity index (χ4v) is 2.91. The molecule has 0 aromatic heterocycles. The molecule has 0 saturated carbocycles. The summed E-state index contributed by atoms with van der Waals surface area (Å²) < 4.78 is 32.2. The largest absolute Gasteiger partial charge is 0.460 e. The zero-order valence-corrected chi connectivity index (χ0v) is 15.3. The summed E-state index contributed by atoms with van der Waals surface area (Å²) >= 11 is 0. The monoisotopic (exact) mass is 382 g/mol. The summed E-state index contributed by atoms with van der Waals surface area (Å²) in [5, 5.41) is 0. The number of carbonyl (C=O) groups excluding carboxylic acids is 2. The summed E-state index contributed by atoms with van der Waals surface area (Å²) in [6.45, 7) is 4.71. The Morgan fingerprint density at radius 3 is 1.89 bits per heavy atom. The van der Waals surface area contributed by atoms with Crippen LogP contribution in [0.1, 0.15) is 25.7 Å². The third kappa shape index (κ3) is 8.10. The Morgan fingerprint density at radius 2 is 1.41 bits per heavy atom. The maximum absolute atomic E-state index is 11.0. The van der Waals surface area contributed by atoms with Gasteiger partial charge in [0.1, 0.15) is 20.0 Å². The molecule has 27 heavy (non-hydrogen) atoms. The van der Waals surface area contributed by atoms with Crippen molar-refractivity contribution in [2.45, 2.75) is 50.1 Å². The Labute approximate surface area is 159 Å². The van der Waals surface area contributed by atoms with Gasteiger partial charge in [-0.1, -0.05) is 6.58 Å². The van der Waals surface area contributed by atoms with Crippen molar-refractivity contribution in [1.82, 2.24) is 0 Å². The van der Waals surface area contributed by atoms with Gasteiger partial charge in [0.25, 0.3) is 0 Å². The first-order valence-corrected chi connectivity index (χ1v) is 8.99. The highest BCUT2D eigenvalue weighted by Gasteiger charge is 2.27. The van der Waals surface area contributed by atoms with E-state index in [4.69, 9.17) is 34.8 Å². The van der Waals surface area contributed by atoms with Crippen LogP contribution in [0.4, 0.5) is 0 Å². The van der Waals surface area contributed by atoms with Crippen molar-refractivity contribution < 1.29 is 38.0 Å². The van der Waals surface area contributed by atoms with Crippen molar-refractivity contribution in [2.24, 2.45) is 0 Å². The van der Waals surface area contributed by atoms with E-state index in [0.717, 1.165) is 31.8 Å². The number of carbonyl (C=O) groups is 2. The van der Waals surface area contributed by atoms with Gasteiger partial charge in [0.15, 0.2) is 0 Å². The molecular formula is C19H26O8. The van der Waals surface area contributed by atoms with E-state index in [1.165, 1.54) is 0 Å². The smallest absolute Gasteiger partial charge is 0.384 e. The molecule has 2 rings (SSSR count). The van der Waals surface area contributed by atoms with Gasteiger partial charge < -0.3 is 28.4 Å². The summed E-state index contributed by atoms with van der Waals surface area (Å²) in [5.41, 5.74) is 0. The minimum atomic E-state index is -0.679. The Hall–Kier alpha value is -1.92. The number of rotatable bonds is 11. The van der Waals surface area contributed by atoms with Crippen LogP contribution >= 0.6 is 0 Å². The van der Waals surface area contributed by atoms with Crippen LogP contribution in [0, 0.1) is 12.3 Å². The van der Waals surface area contributed by atoms with Gasteiger partial charge in [-0.05, 0) is 25.7 Å². The van der Waals surface area contributed by atoms with E-state index >= 15 is 0 Å². The van der Waals surface area contributed by atoms with Crippen molar-refractivity contribution >= 4 is 11.9 Å². The van der Waals surface area contributed by atoms with Gasteiger partial charge in [0.05, 0.1) is 37.6 Å². The fourth-order valence-electron chi connectivity index (χ4n) is 2.91. The van der Waals surface area contributed by atoms with E-state index in [9.17, 15) is 9.59 Å². The normalized spacial score (nSPS) is 27.1. The molecule has 0 N–H and O–H groups in total. The van der Waals surface area contributed by atoms with E-state index in [-0.39, 0.29) is 44.4 Å². The second-order valence-corrected chi connectivity index (χ2v) is 6.35. The molecule has 2 saturated heterocycles. The molecule has 2 aliphatic heterocycles. The lowest BCUT2D eigenvalue weighted by molar-refractivity contribution is -0.144. The molecule has 0 amide bonds. The van der Waals surface area contributed by atoms with Gasteiger partial charge in [-0.3, -0.25) is 0 Å². The molecule has 2 heterocycles. The van der Waals surface area contributed by atoms with Crippen LogP contribution in [-0.4, -0.2) is 69.6 Å². The van der Waals surface area contributed by atoms with E-state index in [2.05, 4.69) is 6.58 Å². The molecule has 0 radical (unpaired) electrons. The molecule has 150 valence electrons. The highest BCUT2D eigenvalue weighted by atomic mass is 16.7. The SMILES string of the molecule is C#CC(=O)OCC1CCC(COCOCC2CCC(COC(=O)C=C)O2)O1. The topological polar surface area (TPSA) is 89.5 Å². The molecule has 0 aliphatic carbocycles. The lowest BCUT2D eigenvalue weighted by atomic mass is 10.2. The number of hydrogen-bond acceptors (Lipinski definition) is 8. The molecular weight excluding hydrogens is 356 g/mol. The van der Waals surface area contributed by atoms with Gasteiger partial charge in [-0.15, -0.1) is 6.42 Å². The zero-order chi connectivity index (χ0) is 19.5. The third-order valence-corrected chi connectivity index (χ3v) is 4.26. The first-order valence-electron chi connectivity index (χ1n) is 8.99. The first-order chi connectivity index (χ1) is 13.1. The number of ether oxygens (including phenoxy) is 6. The van der Waals surface area contributed by atoms with Crippen LogP contribution in [0.25, 0.3) is 0 Å². The van der Waals surface area contributed by atoms with Crippen molar-refractivity contribution in [2.75, 3.05) is 33.2 Å². The van der Waals surface area contributed by atoms with Crippen molar-refractivity contribution in [1.29, 1.82) is 0 Å². The first kappa shape index (κ1) is 21.4. The highest BCUT2D eigenvalue weighted by Crippen LogP contribution is 2.21. The quantitative estimate of drug-likeness (QED) is 0.130. The Morgan fingerprint density at radius 1 is 0.926 bits per heavy atom. The molecule has 0 aromatic carbocycles. The lowest BCUT2D eigenvalue weighted by Gasteiger charge is -2.15. The van der Waals surface area contributed by atoms with Crippen LogP contribution < -0.4 is 0 Å². The molecule has 8 nitrogen and oxygen atoms in total. The van der Waals surface area contributed by atoms with Gasteiger partial charge in [0.2, 0.25) is 0 Å². The molecule has 8 heteroatoms. The summed E-state index contributed by atoms with van der Waals surface area (Å²) in [4.78, 5) is 21.9. The van der Waals surface area contributed by atoms with Crippen molar-refractivity contribution in [3.05, 3.63) is 12.7 Å². The second kappa shape index (κ2) is 11.7. The molecule has 0 aromatic rings. The van der Waals surface area contributed by atoms with Crippen molar-refractivity contribution in [3.8, 4) is 12.3 Å². The van der Waals surface area contributed by atoms with Crippen LogP contribution in [0.5, 0.6) is 0 Å². The highest BCUT2D eigenvalue weighted by molar-refractivity contribution is 5.87. The van der Waals surface area contributed by atoms with Crippen LogP contribution in [0.2, 0.25) is 0 Å².